The molecule has 0 spiro atoms. The number of hydrogen-bond acceptors (Lipinski definition) is 8. The van der Waals surface area contributed by atoms with Crippen LogP contribution in [0.25, 0.3) is 0 Å². The Hall–Kier alpha value is -3.29. The van der Waals surface area contributed by atoms with Gasteiger partial charge in [0.15, 0.2) is 0 Å². The molecule has 8 heteroatoms. The summed E-state index contributed by atoms with van der Waals surface area (Å²) in [4.78, 5) is 28.4. The Bertz CT molecular complexity index is 866. The molecule has 0 aliphatic carbocycles. The number of piperazine rings is 1. The maximum Gasteiger partial charge on any atom is 0.225 e. The first-order valence-corrected chi connectivity index (χ1v) is 9.48. The maximum absolute atomic E-state index is 4.49. The number of rotatable bonds is 6. The van der Waals surface area contributed by atoms with Gasteiger partial charge in [-0.2, -0.15) is 0 Å². The van der Waals surface area contributed by atoms with E-state index in [1.807, 2.05) is 18.5 Å². The van der Waals surface area contributed by atoms with Gasteiger partial charge in [-0.25, -0.2) is 19.9 Å². The van der Waals surface area contributed by atoms with Crippen molar-refractivity contribution in [3.63, 3.8) is 0 Å². The third kappa shape index (κ3) is 4.33. The van der Waals surface area contributed by atoms with Crippen molar-refractivity contribution in [2.45, 2.75) is 6.42 Å². The predicted molar refractivity (Wildman–Crippen MR) is 110 cm³/mol. The first-order valence-electron chi connectivity index (χ1n) is 9.48. The molecule has 1 saturated heterocycles. The highest BCUT2D eigenvalue weighted by molar-refractivity contribution is 5.51. The van der Waals surface area contributed by atoms with Gasteiger partial charge in [0, 0.05) is 70.6 Å². The summed E-state index contributed by atoms with van der Waals surface area (Å²) < 4.78 is 0. The number of pyridine rings is 1. The van der Waals surface area contributed by atoms with Crippen molar-refractivity contribution in [3.8, 4) is 0 Å². The van der Waals surface area contributed by atoms with Crippen molar-refractivity contribution in [2.24, 2.45) is 0 Å². The number of nitrogens with zero attached hydrogens (tertiary/aromatic N) is 8. The van der Waals surface area contributed by atoms with E-state index in [4.69, 9.17) is 0 Å². The van der Waals surface area contributed by atoms with Gasteiger partial charge in [0.05, 0.1) is 0 Å². The molecule has 1 aliphatic rings. The van der Waals surface area contributed by atoms with Crippen molar-refractivity contribution >= 4 is 17.6 Å². The summed E-state index contributed by atoms with van der Waals surface area (Å²) in [7, 11) is 2.07. The molecular weight excluding hydrogens is 352 g/mol. The van der Waals surface area contributed by atoms with Crippen LogP contribution in [-0.4, -0.2) is 64.7 Å². The molecule has 28 heavy (non-hydrogen) atoms. The Balaban J connectivity index is 1.36. The summed E-state index contributed by atoms with van der Waals surface area (Å²) in [5.41, 5.74) is 1.27. The Morgan fingerprint density at radius 1 is 0.893 bits per heavy atom. The lowest BCUT2D eigenvalue weighted by Crippen LogP contribution is -2.47. The van der Waals surface area contributed by atoms with E-state index in [1.54, 1.807) is 18.7 Å². The lowest BCUT2D eigenvalue weighted by molar-refractivity contribution is 0.633. The second-order valence-electron chi connectivity index (χ2n) is 6.78. The van der Waals surface area contributed by atoms with Crippen LogP contribution in [0.5, 0.6) is 0 Å². The van der Waals surface area contributed by atoms with Gasteiger partial charge in [-0.3, -0.25) is 4.98 Å². The van der Waals surface area contributed by atoms with Crippen molar-refractivity contribution in [1.82, 2.24) is 24.9 Å². The Morgan fingerprint density at radius 2 is 1.61 bits per heavy atom. The average molecular weight is 376 g/mol. The van der Waals surface area contributed by atoms with E-state index in [9.17, 15) is 0 Å². The predicted octanol–water partition coefficient (Wildman–Crippen LogP) is 1.67. The number of hydrogen-bond donors (Lipinski definition) is 0. The van der Waals surface area contributed by atoms with Crippen molar-refractivity contribution in [3.05, 3.63) is 60.9 Å². The highest BCUT2D eigenvalue weighted by Gasteiger charge is 2.20. The molecule has 1 aliphatic heterocycles. The Morgan fingerprint density at radius 3 is 2.36 bits per heavy atom. The monoisotopic (exact) mass is 376 g/mol. The van der Waals surface area contributed by atoms with E-state index in [-0.39, 0.29) is 0 Å². The van der Waals surface area contributed by atoms with Crippen LogP contribution in [-0.2, 0) is 6.42 Å². The van der Waals surface area contributed by atoms with Crippen molar-refractivity contribution in [2.75, 3.05) is 54.5 Å². The first kappa shape index (κ1) is 18.1. The zero-order chi connectivity index (χ0) is 19.2. The molecule has 144 valence electrons. The summed E-state index contributed by atoms with van der Waals surface area (Å²) >= 11 is 0. The Labute approximate surface area is 164 Å². The number of anilines is 3. The van der Waals surface area contributed by atoms with E-state index < -0.39 is 0 Å². The first-order chi connectivity index (χ1) is 13.8. The topological polar surface area (TPSA) is 74.2 Å². The molecular formula is C20H24N8. The maximum atomic E-state index is 4.49. The van der Waals surface area contributed by atoms with Crippen LogP contribution in [0.3, 0.4) is 0 Å². The van der Waals surface area contributed by atoms with Gasteiger partial charge < -0.3 is 14.7 Å². The zero-order valence-electron chi connectivity index (χ0n) is 16.0. The van der Waals surface area contributed by atoms with Crippen LogP contribution in [0.4, 0.5) is 17.6 Å². The van der Waals surface area contributed by atoms with E-state index in [0.29, 0.717) is 0 Å². The molecule has 0 aromatic carbocycles. The van der Waals surface area contributed by atoms with E-state index in [2.05, 4.69) is 64.9 Å². The number of likely N-dealkylation sites (N-methyl/N-ethyl adjacent to an activating group) is 1. The van der Waals surface area contributed by atoms with Crippen LogP contribution >= 0.6 is 0 Å². The van der Waals surface area contributed by atoms with Gasteiger partial charge in [-0.1, -0.05) is 0 Å². The van der Waals surface area contributed by atoms with E-state index >= 15 is 0 Å². The molecule has 4 heterocycles. The highest BCUT2D eigenvalue weighted by atomic mass is 15.3. The molecule has 0 unspecified atom stereocenters. The smallest absolute Gasteiger partial charge is 0.225 e. The van der Waals surface area contributed by atoms with Crippen LogP contribution in [0, 0.1) is 0 Å². The standard InChI is InChI=1S/C20H24N8/c1-26(10-5-17-3-8-21-9-4-17)18-15-19(25-16-24-18)27-11-13-28(14-12-27)20-22-6-2-7-23-20/h2-4,6-9,15-16H,5,10-14H2,1H3. The molecule has 1 fully saturated rings. The van der Waals surface area contributed by atoms with Crippen molar-refractivity contribution in [1.29, 1.82) is 0 Å². The molecule has 0 atom stereocenters. The fraction of sp³-hybridized carbons (Fsp3) is 0.350. The molecule has 3 aromatic heterocycles. The Kier molecular flexibility index (Phi) is 5.56. The van der Waals surface area contributed by atoms with Crippen LogP contribution in [0.15, 0.2) is 55.4 Å². The summed E-state index contributed by atoms with van der Waals surface area (Å²) in [6.07, 6.45) is 9.84. The lowest BCUT2D eigenvalue weighted by atomic mass is 10.2. The largest absolute Gasteiger partial charge is 0.359 e. The van der Waals surface area contributed by atoms with E-state index in [1.165, 1.54) is 5.56 Å². The molecule has 0 saturated carbocycles. The zero-order valence-corrected chi connectivity index (χ0v) is 16.0. The minimum Gasteiger partial charge on any atom is -0.359 e. The fourth-order valence-electron chi connectivity index (χ4n) is 3.27. The third-order valence-electron chi connectivity index (χ3n) is 4.95. The van der Waals surface area contributed by atoms with E-state index in [0.717, 1.165) is 56.7 Å². The highest BCUT2D eigenvalue weighted by Crippen LogP contribution is 2.19. The summed E-state index contributed by atoms with van der Waals surface area (Å²) in [5.74, 6) is 2.70. The van der Waals surface area contributed by atoms with Crippen LogP contribution in [0.1, 0.15) is 5.56 Å². The van der Waals surface area contributed by atoms with Gasteiger partial charge >= 0.3 is 0 Å². The van der Waals surface area contributed by atoms with Gasteiger partial charge in [-0.05, 0) is 30.2 Å². The second kappa shape index (κ2) is 8.60. The van der Waals surface area contributed by atoms with Crippen LogP contribution < -0.4 is 14.7 Å². The minimum absolute atomic E-state index is 0.793. The SMILES string of the molecule is CN(CCc1ccncc1)c1cc(N2CCN(c3ncccn3)CC2)ncn1. The van der Waals surface area contributed by atoms with Crippen molar-refractivity contribution < 1.29 is 0 Å². The molecule has 0 amide bonds. The summed E-state index contributed by atoms with van der Waals surface area (Å²) in [5, 5.41) is 0. The molecule has 0 radical (unpaired) electrons. The summed E-state index contributed by atoms with van der Waals surface area (Å²) in [6.45, 7) is 4.41. The average Bonchev–Trinajstić information content (AvgIpc) is 2.79. The third-order valence-corrected chi connectivity index (χ3v) is 4.95. The lowest BCUT2D eigenvalue weighted by Gasteiger charge is -2.35. The second-order valence-corrected chi connectivity index (χ2v) is 6.78. The van der Waals surface area contributed by atoms with Gasteiger partial charge in [0.1, 0.15) is 18.0 Å². The van der Waals surface area contributed by atoms with Crippen LogP contribution in [0.2, 0.25) is 0 Å². The normalized spacial score (nSPS) is 14.2. The molecule has 8 nitrogen and oxygen atoms in total. The molecule has 0 bridgehead atoms. The molecule has 4 rings (SSSR count). The van der Waals surface area contributed by atoms with Gasteiger partial charge in [-0.15, -0.1) is 0 Å². The number of aromatic nitrogens is 5. The van der Waals surface area contributed by atoms with Gasteiger partial charge in [0.25, 0.3) is 0 Å². The van der Waals surface area contributed by atoms with Gasteiger partial charge in [0.2, 0.25) is 5.95 Å². The quantitative estimate of drug-likeness (QED) is 0.643. The fourth-order valence-corrected chi connectivity index (χ4v) is 3.27. The molecule has 3 aromatic rings. The molecule has 0 N–H and O–H groups in total. The summed E-state index contributed by atoms with van der Waals surface area (Å²) in [6, 6.07) is 8.01. The minimum atomic E-state index is 0.793.